The summed E-state index contributed by atoms with van der Waals surface area (Å²) in [5, 5.41) is 8.30. The molecule has 0 rings (SSSR count). The van der Waals surface area contributed by atoms with Gasteiger partial charge >= 0.3 is 0 Å². The molecule has 3 N–H and O–H groups in total. The second-order valence-electron chi connectivity index (χ2n) is 9.26. The maximum atomic E-state index is 11.1. The van der Waals surface area contributed by atoms with Crippen LogP contribution in [0.3, 0.4) is 0 Å². The van der Waals surface area contributed by atoms with E-state index in [0.717, 1.165) is 71.6 Å². The van der Waals surface area contributed by atoms with Gasteiger partial charge in [-0.15, -0.1) is 0 Å². The summed E-state index contributed by atoms with van der Waals surface area (Å²) in [5.41, 5.74) is 1.15. The Balaban J connectivity index is -0.000000473. The van der Waals surface area contributed by atoms with Crippen molar-refractivity contribution in [2.75, 3.05) is 80.5 Å². The maximum Gasteiger partial charge on any atom is 0.246 e. The topological polar surface area (TPSA) is 97.0 Å². The Kier molecular flexibility index (Phi) is 28.0. The predicted octanol–water partition coefficient (Wildman–Crippen LogP) is 2.28. The lowest BCUT2D eigenvalue weighted by molar-refractivity contribution is -0.118. The molecule has 0 bridgehead atoms. The number of rotatable bonds is 17. The van der Waals surface area contributed by atoms with E-state index in [1.54, 1.807) is 13.8 Å². The molecule has 9 nitrogen and oxygen atoms in total. The van der Waals surface area contributed by atoms with Crippen LogP contribution in [-0.4, -0.2) is 113 Å². The van der Waals surface area contributed by atoms with Gasteiger partial charge in [0.05, 0.1) is 0 Å². The first kappa shape index (κ1) is 39.0. The van der Waals surface area contributed by atoms with Crippen molar-refractivity contribution in [2.24, 2.45) is 0 Å². The summed E-state index contributed by atoms with van der Waals surface area (Å²) in [6.45, 7) is 25.6. The zero-order valence-electron chi connectivity index (χ0n) is 25.0. The summed E-state index contributed by atoms with van der Waals surface area (Å²) < 4.78 is 0. The molecule has 37 heavy (non-hydrogen) atoms. The third-order valence-corrected chi connectivity index (χ3v) is 4.94. The van der Waals surface area contributed by atoms with Crippen molar-refractivity contribution in [1.29, 1.82) is 0 Å². The molecule has 0 aliphatic rings. The van der Waals surface area contributed by atoms with Crippen molar-refractivity contribution in [3.8, 4) is 0 Å². The summed E-state index contributed by atoms with van der Waals surface area (Å²) in [7, 11) is 8.05. The number of nitrogens with zero attached hydrogens (tertiary/aromatic N) is 3. The van der Waals surface area contributed by atoms with Gasteiger partial charge in [-0.3, -0.25) is 14.4 Å². The van der Waals surface area contributed by atoms with E-state index in [-0.39, 0.29) is 17.7 Å². The maximum absolute atomic E-state index is 11.1. The van der Waals surface area contributed by atoms with Crippen molar-refractivity contribution in [1.82, 2.24) is 30.7 Å². The van der Waals surface area contributed by atoms with Gasteiger partial charge in [-0.25, -0.2) is 0 Å². The van der Waals surface area contributed by atoms with Gasteiger partial charge in [-0.1, -0.05) is 33.6 Å². The number of nitrogens with one attached hydrogen (secondary N) is 3. The van der Waals surface area contributed by atoms with Crippen LogP contribution in [0.5, 0.6) is 0 Å². The minimum atomic E-state index is -0.0937. The number of hydrogen-bond acceptors (Lipinski definition) is 6. The number of carbonyl (C=O) groups is 3. The van der Waals surface area contributed by atoms with Crippen LogP contribution in [0, 0.1) is 0 Å². The molecule has 0 aliphatic carbocycles. The minimum Gasteiger partial charge on any atom is -0.353 e. The largest absolute Gasteiger partial charge is 0.353 e. The summed E-state index contributed by atoms with van der Waals surface area (Å²) >= 11 is 0. The van der Waals surface area contributed by atoms with Gasteiger partial charge in [0.15, 0.2) is 0 Å². The van der Waals surface area contributed by atoms with E-state index < -0.39 is 0 Å². The zero-order chi connectivity index (χ0) is 29.2. The standard InChI is InChI=1S/C11H22N2O.C9H18N2O.C8H16N2O/c1-5-13(6-2)9-7-8-12-11(14)10(3)4;1-8(2)9(12)10-6-5-7-11(3)4;1-4-8(11)9-6-5-7-10(2)3/h3,5-9H2,1-2,4H3,(H,12,14);1,5-7H2,2-4H3,(H,10,12);4H,1,5-7H2,2-3H3,(H,9,11). The Morgan fingerprint density at radius 2 is 1.03 bits per heavy atom. The highest BCUT2D eigenvalue weighted by Gasteiger charge is 2.02. The van der Waals surface area contributed by atoms with Crippen molar-refractivity contribution in [3.63, 3.8) is 0 Å². The summed E-state index contributed by atoms with van der Waals surface area (Å²) in [6.07, 6.45) is 4.24. The SMILES string of the molecule is C=C(C)C(=O)NCCCN(C)C.C=C(C)C(=O)NCCCN(CC)CC.C=CC(=O)NCCCN(C)C. The predicted molar refractivity (Wildman–Crippen MR) is 158 cm³/mol. The molecule has 0 heterocycles. The number of amides is 3. The average molecular weight is 525 g/mol. The fourth-order valence-corrected chi connectivity index (χ4v) is 2.62. The molecule has 0 saturated carbocycles. The highest BCUT2D eigenvalue weighted by Crippen LogP contribution is 1.91. The molecule has 0 saturated heterocycles. The molecule has 0 atom stereocenters. The van der Waals surface area contributed by atoms with E-state index in [1.165, 1.54) is 6.08 Å². The van der Waals surface area contributed by atoms with Crippen LogP contribution in [0.15, 0.2) is 37.0 Å². The van der Waals surface area contributed by atoms with Gasteiger partial charge in [0, 0.05) is 30.8 Å². The Bertz CT molecular complexity index is 658. The lowest BCUT2D eigenvalue weighted by Gasteiger charge is -2.17. The molecule has 9 heteroatoms. The van der Waals surface area contributed by atoms with Gasteiger partial charge in [-0.05, 0) is 100 Å². The average Bonchev–Trinajstić information content (AvgIpc) is 2.84. The molecule has 0 unspecified atom stereocenters. The summed E-state index contributed by atoms with van der Waals surface area (Å²) in [6, 6.07) is 0. The lowest BCUT2D eigenvalue weighted by Crippen LogP contribution is -2.30. The molecule has 0 radical (unpaired) electrons. The van der Waals surface area contributed by atoms with Crippen LogP contribution in [0.1, 0.15) is 47.0 Å². The fraction of sp³-hybridized carbons (Fsp3) is 0.679. The highest BCUT2D eigenvalue weighted by molar-refractivity contribution is 5.92. The smallest absolute Gasteiger partial charge is 0.246 e. The normalized spacial score (nSPS) is 10.0. The van der Waals surface area contributed by atoms with Gasteiger partial charge in [0.1, 0.15) is 0 Å². The Morgan fingerprint density at radius 1 is 0.676 bits per heavy atom. The Hall–Kier alpha value is -2.49. The molecular formula is C28H56N6O3. The van der Waals surface area contributed by atoms with Crippen molar-refractivity contribution < 1.29 is 14.4 Å². The molecule has 0 aliphatic heterocycles. The van der Waals surface area contributed by atoms with E-state index in [4.69, 9.17) is 0 Å². The summed E-state index contributed by atoms with van der Waals surface area (Å²) in [5.74, 6) is -0.179. The zero-order valence-corrected chi connectivity index (χ0v) is 25.0. The van der Waals surface area contributed by atoms with Crippen molar-refractivity contribution in [3.05, 3.63) is 37.0 Å². The van der Waals surface area contributed by atoms with E-state index in [1.807, 2.05) is 28.2 Å². The van der Waals surface area contributed by atoms with E-state index in [0.29, 0.717) is 11.1 Å². The van der Waals surface area contributed by atoms with Crippen LogP contribution < -0.4 is 16.0 Å². The molecule has 216 valence electrons. The lowest BCUT2D eigenvalue weighted by atomic mass is 10.3. The molecule has 0 aromatic carbocycles. The van der Waals surface area contributed by atoms with Crippen LogP contribution in [0.25, 0.3) is 0 Å². The first-order chi connectivity index (χ1) is 17.3. The molecule has 0 spiro atoms. The number of hydrogen-bond donors (Lipinski definition) is 3. The highest BCUT2D eigenvalue weighted by atomic mass is 16.2. The number of carbonyl (C=O) groups excluding carboxylic acids is 3. The molecule has 3 amide bonds. The quantitative estimate of drug-likeness (QED) is 0.200. The van der Waals surface area contributed by atoms with Crippen LogP contribution in [-0.2, 0) is 14.4 Å². The van der Waals surface area contributed by atoms with Gasteiger partial charge in [-0.2, -0.15) is 0 Å². The molecule has 0 aromatic rings. The van der Waals surface area contributed by atoms with Crippen LogP contribution in [0.4, 0.5) is 0 Å². The Labute approximate surface area is 227 Å². The monoisotopic (exact) mass is 524 g/mol. The second kappa shape index (κ2) is 26.6. The van der Waals surface area contributed by atoms with Gasteiger partial charge in [0.2, 0.25) is 17.7 Å². The summed E-state index contributed by atoms with van der Waals surface area (Å²) in [4.78, 5) is 39.2. The second-order valence-corrected chi connectivity index (χ2v) is 9.26. The molecule has 0 aromatic heterocycles. The third kappa shape index (κ3) is 31.5. The first-order valence-corrected chi connectivity index (χ1v) is 13.1. The first-order valence-electron chi connectivity index (χ1n) is 13.1. The van der Waals surface area contributed by atoms with Crippen LogP contribution in [0.2, 0.25) is 0 Å². The van der Waals surface area contributed by atoms with Crippen LogP contribution >= 0.6 is 0 Å². The fourth-order valence-electron chi connectivity index (χ4n) is 2.62. The minimum absolute atomic E-state index is 0.0375. The molecular weight excluding hydrogens is 468 g/mol. The van der Waals surface area contributed by atoms with E-state index in [2.05, 4.69) is 64.2 Å². The third-order valence-electron chi connectivity index (χ3n) is 4.94. The van der Waals surface area contributed by atoms with Gasteiger partial charge in [0.25, 0.3) is 0 Å². The van der Waals surface area contributed by atoms with Gasteiger partial charge < -0.3 is 30.7 Å². The van der Waals surface area contributed by atoms with Crippen molar-refractivity contribution >= 4 is 17.7 Å². The van der Waals surface area contributed by atoms with Crippen molar-refractivity contribution in [2.45, 2.75) is 47.0 Å². The van der Waals surface area contributed by atoms with E-state index in [9.17, 15) is 14.4 Å². The Morgan fingerprint density at radius 3 is 1.32 bits per heavy atom. The van der Waals surface area contributed by atoms with E-state index >= 15 is 0 Å². The molecule has 0 fully saturated rings.